The Hall–Kier alpha value is -3.69. The summed E-state index contributed by atoms with van der Waals surface area (Å²) >= 11 is 0. The van der Waals surface area contributed by atoms with Crippen LogP contribution in [0.2, 0.25) is 0 Å². The SMILES string of the molecule is COc1ccc(S(=O)(=O)N(C)C[C@H]2OCCCC[C@H](C)Oc3ccc(NS(=O)(=O)c4ccc(C)cc4)cc3C(=O)N([C@@H](C)CO)C[C@@H]2C)cc1. The predicted octanol–water partition coefficient (Wildman–Crippen LogP) is 4.92. The highest BCUT2D eigenvalue weighted by Crippen LogP contribution is 2.30. The molecule has 1 aliphatic heterocycles. The second-order valence-corrected chi connectivity index (χ2v) is 16.6. The van der Waals surface area contributed by atoms with E-state index in [0.717, 1.165) is 12.0 Å². The predicted molar refractivity (Wildman–Crippen MR) is 192 cm³/mol. The zero-order valence-corrected chi connectivity index (χ0v) is 31.2. The summed E-state index contributed by atoms with van der Waals surface area (Å²) in [5, 5.41) is 10.2. The molecule has 0 saturated carbocycles. The molecular formula is C36H49N3O9S2. The van der Waals surface area contributed by atoms with Crippen LogP contribution in [0.15, 0.2) is 76.5 Å². The van der Waals surface area contributed by atoms with E-state index in [1.807, 2.05) is 20.8 Å². The van der Waals surface area contributed by atoms with Crippen LogP contribution >= 0.6 is 0 Å². The Morgan fingerprint density at radius 3 is 2.30 bits per heavy atom. The fourth-order valence-corrected chi connectivity index (χ4v) is 7.89. The van der Waals surface area contributed by atoms with Gasteiger partial charge >= 0.3 is 0 Å². The first-order chi connectivity index (χ1) is 23.7. The van der Waals surface area contributed by atoms with Gasteiger partial charge in [-0.2, -0.15) is 4.31 Å². The number of nitrogens with one attached hydrogen (secondary N) is 1. The number of benzene rings is 3. The molecule has 1 heterocycles. The van der Waals surface area contributed by atoms with Crippen LogP contribution in [-0.2, 0) is 24.8 Å². The van der Waals surface area contributed by atoms with E-state index in [1.54, 1.807) is 43.3 Å². The van der Waals surface area contributed by atoms with Gasteiger partial charge in [0.2, 0.25) is 10.0 Å². The monoisotopic (exact) mass is 731 g/mol. The molecule has 1 aliphatic rings. The van der Waals surface area contributed by atoms with Gasteiger partial charge in [-0.3, -0.25) is 9.52 Å². The summed E-state index contributed by atoms with van der Waals surface area (Å²) in [4.78, 5) is 16.1. The van der Waals surface area contributed by atoms with Gasteiger partial charge in [-0.15, -0.1) is 0 Å². The molecule has 50 heavy (non-hydrogen) atoms. The van der Waals surface area contributed by atoms with E-state index in [9.17, 15) is 26.7 Å². The van der Waals surface area contributed by atoms with Gasteiger partial charge in [0, 0.05) is 38.3 Å². The fourth-order valence-electron chi connectivity index (χ4n) is 5.66. The number of carbonyl (C=O) groups is 1. The first kappa shape index (κ1) is 39.1. The molecule has 0 saturated heterocycles. The lowest BCUT2D eigenvalue weighted by Gasteiger charge is -2.35. The van der Waals surface area contributed by atoms with Crippen LogP contribution in [0.3, 0.4) is 0 Å². The highest BCUT2D eigenvalue weighted by atomic mass is 32.2. The molecular weight excluding hydrogens is 683 g/mol. The second kappa shape index (κ2) is 17.0. The van der Waals surface area contributed by atoms with Crippen molar-refractivity contribution in [1.29, 1.82) is 0 Å². The van der Waals surface area contributed by atoms with Crippen LogP contribution in [-0.4, -0.2) is 95.8 Å². The van der Waals surface area contributed by atoms with E-state index in [4.69, 9.17) is 14.2 Å². The van der Waals surface area contributed by atoms with Crippen molar-refractivity contribution in [3.8, 4) is 11.5 Å². The van der Waals surface area contributed by atoms with Crippen molar-refractivity contribution in [2.24, 2.45) is 5.92 Å². The number of anilines is 1. The van der Waals surface area contributed by atoms with E-state index < -0.39 is 38.1 Å². The maximum atomic E-state index is 14.4. The third-order valence-electron chi connectivity index (χ3n) is 8.84. The number of hydrogen-bond donors (Lipinski definition) is 2. The third kappa shape index (κ3) is 9.75. The molecule has 2 N–H and O–H groups in total. The van der Waals surface area contributed by atoms with Crippen LogP contribution in [0.1, 0.15) is 56.0 Å². The number of aliphatic hydroxyl groups excluding tert-OH is 1. The zero-order chi connectivity index (χ0) is 36.6. The molecule has 3 aromatic rings. The van der Waals surface area contributed by atoms with Crippen molar-refractivity contribution in [2.75, 3.05) is 45.2 Å². The Morgan fingerprint density at radius 2 is 1.66 bits per heavy atom. The van der Waals surface area contributed by atoms with Gasteiger partial charge in [0.25, 0.3) is 15.9 Å². The van der Waals surface area contributed by atoms with Gasteiger partial charge in [0.05, 0.1) is 47.3 Å². The Bertz CT molecular complexity index is 1800. The number of rotatable bonds is 10. The average molecular weight is 732 g/mol. The maximum absolute atomic E-state index is 14.4. The number of aryl methyl sites for hydroxylation is 1. The van der Waals surface area contributed by atoms with Crippen molar-refractivity contribution < 1.29 is 40.9 Å². The first-order valence-corrected chi connectivity index (χ1v) is 19.6. The summed E-state index contributed by atoms with van der Waals surface area (Å²) in [5.41, 5.74) is 1.21. The van der Waals surface area contributed by atoms with Gasteiger partial charge in [-0.05, 0) is 94.6 Å². The highest BCUT2D eigenvalue weighted by Gasteiger charge is 2.32. The first-order valence-electron chi connectivity index (χ1n) is 16.7. The van der Waals surface area contributed by atoms with Crippen molar-refractivity contribution in [3.63, 3.8) is 0 Å². The number of amides is 1. The highest BCUT2D eigenvalue weighted by molar-refractivity contribution is 7.92. The van der Waals surface area contributed by atoms with E-state index >= 15 is 0 Å². The molecule has 0 aliphatic carbocycles. The largest absolute Gasteiger partial charge is 0.497 e. The van der Waals surface area contributed by atoms with E-state index in [1.165, 1.54) is 53.7 Å². The molecule has 0 fully saturated rings. The van der Waals surface area contributed by atoms with Crippen LogP contribution in [0.5, 0.6) is 11.5 Å². The Morgan fingerprint density at radius 1 is 1.00 bits per heavy atom. The summed E-state index contributed by atoms with van der Waals surface area (Å²) < 4.78 is 75.1. The second-order valence-electron chi connectivity index (χ2n) is 12.9. The Labute approximate surface area is 296 Å². The fraction of sp³-hybridized carbons (Fsp3) is 0.472. The molecule has 274 valence electrons. The van der Waals surface area contributed by atoms with Crippen LogP contribution in [0.4, 0.5) is 5.69 Å². The number of fused-ring (bicyclic) bond motifs is 1. The molecule has 0 bridgehead atoms. The summed E-state index contributed by atoms with van der Waals surface area (Å²) in [7, 11) is -4.84. The topological polar surface area (TPSA) is 152 Å². The molecule has 3 aromatic carbocycles. The Kier molecular flexibility index (Phi) is 13.3. The van der Waals surface area contributed by atoms with E-state index in [-0.39, 0.29) is 52.8 Å². The number of nitrogens with zero attached hydrogens (tertiary/aromatic N) is 2. The lowest BCUT2D eigenvalue weighted by Crippen LogP contribution is -2.48. The summed E-state index contributed by atoms with van der Waals surface area (Å²) in [6, 6.07) is 16.5. The third-order valence-corrected chi connectivity index (χ3v) is 12.1. The van der Waals surface area contributed by atoms with Crippen LogP contribution in [0, 0.1) is 12.8 Å². The number of likely N-dealkylation sites (N-methyl/N-ethyl adjacent to an activating group) is 1. The minimum absolute atomic E-state index is 0.0199. The van der Waals surface area contributed by atoms with Crippen molar-refractivity contribution >= 4 is 31.6 Å². The normalized spacial score (nSPS) is 20.4. The summed E-state index contributed by atoms with van der Waals surface area (Å²) in [5.74, 6) is -0.0314. The van der Waals surface area contributed by atoms with Crippen LogP contribution in [0.25, 0.3) is 0 Å². The Balaban J connectivity index is 1.66. The number of hydrogen-bond acceptors (Lipinski definition) is 9. The molecule has 4 rings (SSSR count). The number of methoxy groups -OCH3 is 1. The summed E-state index contributed by atoms with van der Waals surface area (Å²) in [6.07, 6.45) is 1.24. The number of sulfonamides is 2. The lowest BCUT2D eigenvalue weighted by molar-refractivity contribution is -0.00833. The molecule has 4 atom stereocenters. The molecule has 0 aromatic heterocycles. The molecule has 0 radical (unpaired) electrons. The van der Waals surface area contributed by atoms with E-state index in [0.29, 0.717) is 30.9 Å². The number of carbonyl (C=O) groups excluding carboxylic acids is 1. The van der Waals surface area contributed by atoms with Gasteiger partial charge in [0.15, 0.2) is 0 Å². The quantitative estimate of drug-likeness (QED) is 0.296. The molecule has 1 amide bonds. The average Bonchev–Trinajstić information content (AvgIpc) is 3.09. The van der Waals surface area contributed by atoms with Gasteiger partial charge in [-0.1, -0.05) is 24.6 Å². The molecule has 12 nitrogen and oxygen atoms in total. The van der Waals surface area contributed by atoms with Crippen molar-refractivity contribution in [1.82, 2.24) is 9.21 Å². The van der Waals surface area contributed by atoms with Gasteiger partial charge < -0.3 is 24.2 Å². The van der Waals surface area contributed by atoms with Gasteiger partial charge in [-0.25, -0.2) is 16.8 Å². The standard InChI is InChI=1S/C36H49N3O9S2/c1-25-10-15-31(16-11-25)49(42,43)37-29-12-19-34-33(21-29)36(41)39(27(3)24-40)22-26(2)35(47-20-8-7-9-28(4)48-34)23-38(5)50(44,45)32-17-13-30(46-6)14-18-32/h10-19,21,26-28,35,37,40H,7-9,20,22-24H2,1-6H3/t26-,27-,28-,35+/m0/s1. The number of ether oxygens (including phenoxy) is 3. The van der Waals surface area contributed by atoms with Crippen molar-refractivity contribution in [2.45, 2.75) is 75.0 Å². The summed E-state index contributed by atoms with van der Waals surface area (Å²) in [6.45, 7) is 7.50. The van der Waals surface area contributed by atoms with Gasteiger partial charge in [0.1, 0.15) is 11.5 Å². The molecule has 0 spiro atoms. The minimum atomic E-state index is -3.96. The minimum Gasteiger partial charge on any atom is -0.497 e. The van der Waals surface area contributed by atoms with Crippen molar-refractivity contribution in [3.05, 3.63) is 77.9 Å². The maximum Gasteiger partial charge on any atom is 0.261 e. The number of aliphatic hydroxyl groups is 1. The lowest BCUT2D eigenvalue weighted by atomic mass is 10.0. The smallest absolute Gasteiger partial charge is 0.261 e. The molecule has 14 heteroatoms. The molecule has 0 unspecified atom stereocenters. The van der Waals surface area contributed by atoms with E-state index in [2.05, 4.69) is 4.72 Å². The van der Waals surface area contributed by atoms with Crippen LogP contribution < -0.4 is 14.2 Å². The zero-order valence-electron chi connectivity index (χ0n) is 29.5.